The first kappa shape index (κ1) is 29.7. The van der Waals surface area contributed by atoms with E-state index in [1.54, 1.807) is 36.4 Å². The lowest BCUT2D eigenvalue weighted by atomic mass is 10.1. The molecular formula is C29H40O4. The van der Waals surface area contributed by atoms with Crippen molar-refractivity contribution in [3.8, 4) is 17.2 Å². The van der Waals surface area contributed by atoms with Gasteiger partial charge >= 0.3 is 5.97 Å². The molecule has 3 rings (SSSR count). The average Bonchev–Trinajstić information content (AvgIpc) is 2.90. The summed E-state index contributed by atoms with van der Waals surface area (Å²) in [7, 11) is 0. The molecular weight excluding hydrogens is 412 g/mol. The van der Waals surface area contributed by atoms with Gasteiger partial charge in [0.2, 0.25) is 6.79 Å². The van der Waals surface area contributed by atoms with Gasteiger partial charge < -0.3 is 14.2 Å². The Morgan fingerprint density at radius 1 is 0.636 bits per heavy atom. The van der Waals surface area contributed by atoms with Crippen LogP contribution >= 0.6 is 0 Å². The highest BCUT2D eigenvalue weighted by Crippen LogP contribution is 2.19. The minimum Gasteiger partial charge on any atom is -0.458 e. The smallest absolute Gasteiger partial charge is 0.343 e. The van der Waals surface area contributed by atoms with Gasteiger partial charge in [0.05, 0.1) is 5.56 Å². The Bertz CT molecular complexity index is 867. The number of ether oxygens (including phenoxy) is 3. The molecule has 0 N–H and O–H groups in total. The lowest BCUT2D eigenvalue weighted by molar-refractivity contribution is 0.0734. The lowest BCUT2D eigenvalue weighted by Crippen LogP contribution is -2.08. The molecule has 33 heavy (non-hydrogen) atoms. The molecule has 0 atom stereocenters. The van der Waals surface area contributed by atoms with Crippen LogP contribution in [0.4, 0.5) is 0 Å². The summed E-state index contributed by atoms with van der Waals surface area (Å²) in [6.45, 7) is 16.2. The monoisotopic (exact) mass is 452 g/mol. The van der Waals surface area contributed by atoms with Crippen molar-refractivity contribution in [3.63, 3.8) is 0 Å². The Morgan fingerprint density at radius 2 is 1.06 bits per heavy atom. The maximum absolute atomic E-state index is 12.2. The van der Waals surface area contributed by atoms with E-state index in [-0.39, 0.29) is 12.8 Å². The van der Waals surface area contributed by atoms with E-state index in [1.807, 2.05) is 84.9 Å². The molecule has 4 heteroatoms. The van der Waals surface area contributed by atoms with Crippen molar-refractivity contribution in [2.75, 3.05) is 6.79 Å². The third-order valence-electron chi connectivity index (χ3n) is 4.10. The summed E-state index contributed by atoms with van der Waals surface area (Å²) in [6.07, 6.45) is 0.935. The second kappa shape index (κ2) is 18.3. The van der Waals surface area contributed by atoms with Crippen LogP contribution in [0.1, 0.15) is 70.0 Å². The fourth-order valence-electron chi connectivity index (χ4n) is 2.45. The van der Waals surface area contributed by atoms with E-state index in [1.165, 1.54) is 11.1 Å². The van der Waals surface area contributed by atoms with Crippen LogP contribution in [0.15, 0.2) is 72.8 Å². The predicted molar refractivity (Wildman–Crippen MR) is 139 cm³/mol. The van der Waals surface area contributed by atoms with Gasteiger partial charge in [-0.05, 0) is 67.4 Å². The fourth-order valence-corrected chi connectivity index (χ4v) is 2.45. The van der Waals surface area contributed by atoms with Crippen LogP contribution in [0.2, 0.25) is 0 Å². The SMILES string of the molecule is CC.CC.CC.CCc1ccc(C(=O)Oc2ccc(OCOc3ccc(C)cc3)cc2)cc1. The minimum atomic E-state index is -0.381. The minimum absolute atomic E-state index is 0.103. The van der Waals surface area contributed by atoms with Gasteiger partial charge in [-0.2, -0.15) is 0 Å². The van der Waals surface area contributed by atoms with Crippen LogP contribution in [0, 0.1) is 6.92 Å². The molecule has 0 aliphatic carbocycles. The third-order valence-corrected chi connectivity index (χ3v) is 4.10. The average molecular weight is 453 g/mol. The summed E-state index contributed by atoms with van der Waals surface area (Å²) in [6, 6.07) is 22.0. The van der Waals surface area contributed by atoms with Gasteiger partial charge in [-0.1, -0.05) is 78.3 Å². The molecule has 4 nitrogen and oxygen atoms in total. The third kappa shape index (κ3) is 11.2. The van der Waals surface area contributed by atoms with Crippen molar-refractivity contribution in [1.82, 2.24) is 0 Å². The zero-order valence-electron chi connectivity index (χ0n) is 21.5. The normalized spacial score (nSPS) is 8.97. The van der Waals surface area contributed by atoms with E-state index < -0.39 is 0 Å². The summed E-state index contributed by atoms with van der Waals surface area (Å²) < 4.78 is 16.5. The number of esters is 1. The first-order chi connectivity index (χ1) is 16.1. The van der Waals surface area contributed by atoms with E-state index in [4.69, 9.17) is 14.2 Å². The molecule has 0 aliphatic heterocycles. The second-order valence-corrected chi connectivity index (χ2v) is 6.13. The van der Waals surface area contributed by atoms with E-state index in [2.05, 4.69) is 6.92 Å². The van der Waals surface area contributed by atoms with Gasteiger partial charge in [-0.15, -0.1) is 0 Å². The molecule has 3 aromatic rings. The van der Waals surface area contributed by atoms with Gasteiger partial charge in [0.1, 0.15) is 17.2 Å². The maximum Gasteiger partial charge on any atom is 0.343 e. The highest BCUT2D eigenvalue weighted by molar-refractivity contribution is 5.91. The largest absolute Gasteiger partial charge is 0.458 e. The predicted octanol–water partition coefficient (Wildman–Crippen LogP) is 8.27. The van der Waals surface area contributed by atoms with E-state index in [0.29, 0.717) is 17.1 Å². The molecule has 0 saturated carbocycles. The van der Waals surface area contributed by atoms with Gasteiger partial charge in [0.15, 0.2) is 0 Å². The molecule has 0 fully saturated rings. The number of carbonyl (C=O) groups excluding carboxylic acids is 1. The summed E-state index contributed by atoms with van der Waals surface area (Å²) in [4.78, 5) is 12.2. The van der Waals surface area contributed by atoms with Crippen LogP contribution < -0.4 is 14.2 Å². The standard InChI is InChI=1S/C23H22O4.3C2H6/c1-3-18-6-8-19(9-7-18)23(24)27-22-14-12-21(13-15-22)26-16-25-20-10-4-17(2)5-11-20;3*1-2/h4-15H,3,16H2,1-2H3;3*1-2H3. The summed E-state index contributed by atoms with van der Waals surface area (Å²) >= 11 is 0. The molecule has 0 saturated heterocycles. The Hall–Kier alpha value is -3.27. The second-order valence-electron chi connectivity index (χ2n) is 6.13. The molecule has 0 aromatic heterocycles. The van der Waals surface area contributed by atoms with Gasteiger partial charge in [0.25, 0.3) is 0 Å². The van der Waals surface area contributed by atoms with Crippen LogP contribution in [0.3, 0.4) is 0 Å². The molecule has 0 heterocycles. The van der Waals surface area contributed by atoms with Crippen LogP contribution in [0.25, 0.3) is 0 Å². The Labute approximate surface area is 200 Å². The molecule has 0 spiro atoms. The van der Waals surface area contributed by atoms with Crippen LogP contribution in [-0.2, 0) is 6.42 Å². The topological polar surface area (TPSA) is 44.8 Å². The van der Waals surface area contributed by atoms with Gasteiger partial charge in [-0.25, -0.2) is 4.79 Å². The van der Waals surface area contributed by atoms with E-state index >= 15 is 0 Å². The van der Waals surface area contributed by atoms with Crippen molar-refractivity contribution < 1.29 is 19.0 Å². The zero-order valence-corrected chi connectivity index (χ0v) is 21.5. The maximum atomic E-state index is 12.2. The fraction of sp³-hybridized carbons (Fsp3) is 0.345. The van der Waals surface area contributed by atoms with Crippen molar-refractivity contribution >= 4 is 5.97 Å². The zero-order chi connectivity index (χ0) is 25.1. The number of benzene rings is 3. The lowest BCUT2D eigenvalue weighted by Gasteiger charge is -2.09. The van der Waals surface area contributed by atoms with Crippen molar-refractivity contribution in [2.24, 2.45) is 0 Å². The highest BCUT2D eigenvalue weighted by atomic mass is 16.7. The summed E-state index contributed by atoms with van der Waals surface area (Å²) in [5, 5.41) is 0. The molecule has 0 aliphatic rings. The Kier molecular flexibility index (Phi) is 16.5. The molecule has 180 valence electrons. The van der Waals surface area contributed by atoms with E-state index in [0.717, 1.165) is 12.2 Å². The number of aryl methyl sites for hydroxylation is 2. The number of hydrogen-bond donors (Lipinski definition) is 0. The van der Waals surface area contributed by atoms with Crippen molar-refractivity contribution in [3.05, 3.63) is 89.5 Å². The Balaban J connectivity index is 0.00000158. The quantitative estimate of drug-likeness (QED) is 0.205. The van der Waals surface area contributed by atoms with Crippen molar-refractivity contribution in [1.29, 1.82) is 0 Å². The Morgan fingerprint density at radius 3 is 1.52 bits per heavy atom. The van der Waals surface area contributed by atoms with Crippen LogP contribution in [-0.4, -0.2) is 12.8 Å². The summed E-state index contributed by atoms with van der Waals surface area (Å²) in [5.74, 6) is 1.47. The number of hydrogen-bond acceptors (Lipinski definition) is 4. The summed E-state index contributed by atoms with van der Waals surface area (Å²) in [5.41, 5.74) is 2.88. The van der Waals surface area contributed by atoms with E-state index in [9.17, 15) is 4.79 Å². The van der Waals surface area contributed by atoms with Gasteiger partial charge in [-0.3, -0.25) is 0 Å². The first-order valence-electron chi connectivity index (χ1n) is 11.9. The first-order valence-corrected chi connectivity index (χ1v) is 11.9. The molecule has 0 unspecified atom stereocenters. The number of rotatable bonds is 7. The highest BCUT2D eigenvalue weighted by Gasteiger charge is 2.08. The number of carbonyl (C=O) groups is 1. The van der Waals surface area contributed by atoms with Crippen molar-refractivity contribution in [2.45, 2.75) is 61.8 Å². The molecule has 0 amide bonds. The molecule has 0 radical (unpaired) electrons. The molecule has 3 aromatic carbocycles. The van der Waals surface area contributed by atoms with Crippen LogP contribution in [0.5, 0.6) is 17.2 Å². The molecule has 0 bridgehead atoms. The van der Waals surface area contributed by atoms with Gasteiger partial charge in [0, 0.05) is 0 Å².